The maximum Gasteiger partial charge on any atom is 0.166 e. The molecule has 0 heterocycles. The molecule has 0 bridgehead atoms. The quantitative estimate of drug-likeness (QED) is 0.226. The van der Waals surface area contributed by atoms with Gasteiger partial charge in [-0.05, 0) is 31.0 Å². The maximum atomic E-state index is 12.0. The second-order valence-corrected chi connectivity index (χ2v) is 6.84. The van der Waals surface area contributed by atoms with Gasteiger partial charge in [-0.1, -0.05) is 64.2 Å². The molecule has 0 atom stereocenters. The molecule has 0 fully saturated rings. The molecule has 0 saturated carbocycles. The fourth-order valence-corrected chi connectivity index (χ4v) is 3.05. The minimum Gasteiger partial charge on any atom is -0.508 e. The summed E-state index contributed by atoms with van der Waals surface area (Å²) in [5.74, 6) is -0.150. The Hall–Kier alpha value is -1.55. The van der Waals surface area contributed by atoms with Crippen molar-refractivity contribution in [2.75, 3.05) is 6.61 Å². The molecular weight excluding hydrogens is 316 g/mol. The van der Waals surface area contributed by atoms with Crippen molar-refractivity contribution in [1.82, 2.24) is 0 Å². The summed E-state index contributed by atoms with van der Waals surface area (Å²) in [5.41, 5.74) is 0.221. The van der Waals surface area contributed by atoms with Crippen molar-refractivity contribution in [2.24, 2.45) is 0 Å². The lowest BCUT2D eigenvalue weighted by Gasteiger charge is -2.05. The number of hydrogen-bond donors (Lipinski definition) is 3. The topological polar surface area (TPSA) is 77.8 Å². The number of unbranched alkanes of at least 4 members (excludes halogenated alkanes) is 11. The molecule has 0 aliphatic rings. The Balaban J connectivity index is 1.95. The lowest BCUT2D eigenvalue weighted by Crippen LogP contribution is -1.99. The minimum atomic E-state index is -0.102. The van der Waals surface area contributed by atoms with Gasteiger partial charge in [0.1, 0.15) is 11.5 Å². The molecule has 4 heteroatoms. The first-order valence-electron chi connectivity index (χ1n) is 9.81. The zero-order valence-corrected chi connectivity index (χ0v) is 15.4. The Morgan fingerprint density at radius 2 is 1.20 bits per heavy atom. The largest absolute Gasteiger partial charge is 0.508 e. The van der Waals surface area contributed by atoms with E-state index in [0.717, 1.165) is 32.1 Å². The Bertz CT molecular complexity index is 485. The van der Waals surface area contributed by atoms with E-state index in [1.807, 2.05) is 0 Å². The first kappa shape index (κ1) is 21.5. The van der Waals surface area contributed by atoms with Gasteiger partial charge < -0.3 is 15.3 Å². The number of ketones is 1. The summed E-state index contributed by atoms with van der Waals surface area (Å²) in [6, 6.07) is 4.07. The van der Waals surface area contributed by atoms with Gasteiger partial charge in [0.05, 0.1) is 5.56 Å². The van der Waals surface area contributed by atoms with Gasteiger partial charge in [-0.15, -0.1) is 0 Å². The van der Waals surface area contributed by atoms with E-state index in [9.17, 15) is 15.0 Å². The van der Waals surface area contributed by atoms with Gasteiger partial charge >= 0.3 is 0 Å². The van der Waals surface area contributed by atoms with Crippen LogP contribution in [0.25, 0.3) is 0 Å². The first-order chi connectivity index (χ1) is 12.1. The first-order valence-corrected chi connectivity index (χ1v) is 9.81. The summed E-state index contributed by atoms with van der Waals surface area (Å²) >= 11 is 0. The van der Waals surface area contributed by atoms with Crippen LogP contribution in [0.2, 0.25) is 0 Å². The SMILES string of the molecule is O=C(CCCCCCCCCCCCCCO)c1cc(O)ccc1O. The molecule has 0 aliphatic heterocycles. The predicted octanol–water partition coefficient (Wildman–Crippen LogP) is 5.34. The normalized spacial score (nSPS) is 10.9. The molecule has 0 unspecified atom stereocenters. The molecular formula is C21H34O4. The molecule has 4 nitrogen and oxygen atoms in total. The number of aliphatic hydroxyl groups excluding tert-OH is 1. The van der Waals surface area contributed by atoms with Gasteiger partial charge in [0.2, 0.25) is 0 Å². The molecule has 0 radical (unpaired) electrons. The number of hydrogen-bond acceptors (Lipinski definition) is 4. The molecule has 0 saturated heterocycles. The Labute approximate surface area is 151 Å². The van der Waals surface area contributed by atoms with Crippen LogP contribution in [0.5, 0.6) is 11.5 Å². The third kappa shape index (κ3) is 10.1. The standard InChI is InChI=1S/C21H34O4/c22-16-12-10-8-6-4-2-1-3-5-7-9-11-13-20(24)19-17-18(23)14-15-21(19)25/h14-15,17,22-23,25H,1-13,16H2. The van der Waals surface area contributed by atoms with Crippen molar-refractivity contribution >= 4 is 5.78 Å². The fourth-order valence-electron chi connectivity index (χ4n) is 3.05. The van der Waals surface area contributed by atoms with Crippen LogP contribution < -0.4 is 0 Å². The van der Waals surface area contributed by atoms with Crippen LogP contribution in [0.15, 0.2) is 18.2 Å². The monoisotopic (exact) mass is 350 g/mol. The van der Waals surface area contributed by atoms with E-state index in [2.05, 4.69) is 0 Å². The van der Waals surface area contributed by atoms with Crippen LogP contribution in [-0.2, 0) is 0 Å². The van der Waals surface area contributed by atoms with Gasteiger partial charge in [0.15, 0.2) is 5.78 Å². The fraction of sp³-hybridized carbons (Fsp3) is 0.667. The number of aromatic hydroxyl groups is 2. The summed E-state index contributed by atoms with van der Waals surface area (Å²) in [6.07, 6.45) is 14.4. The minimum absolute atomic E-state index is 0.00884. The van der Waals surface area contributed by atoms with E-state index in [0.29, 0.717) is 13.0 Å². The van der Waals surface area contributed by atoms with E-state index in [1.165, 1.54) is 63.1 Å². The molecule has 1 aromatic rings. The average Bonchev–Trinajstić information content (AvgIpc) is 2.61. The summed E-state index contributed by atoms with van der Waals surface area (Å²) < 4.78 is 0. The van der Waals surface area contributed by atoms with Gasteiger partial charge in [0.25, 0.3) is 0 Å². The van der Waals surface area contributed by atoms with E-state index < -0.39 is 0 Å². The van der Waals surface area contributed by atoms with Crippen LogP contribution in [-0.4, -0.2) is 27.7 Å². The molecule has 3 N–H and O–H groups in total. The van der Waals surface area contributed by atoms with Crippen molar-refractivity contribution in [2.45, 2.75) is 83.5 Å². The number of carbonyl (C=O) groups excluding carboxylic acids is 1. The smallest absolute Gasteiger partial charge is 0.166 e. The highest BCUT2D eigenvalue weighted by Gasteiger charge is 2.11. The molecule has 25 heavy (non-hydrogen) atoms. The van der Waals surface area contributed by atoms with E-state index in [1.54, 1.807) is 0 Å². The molecule has 1 aromatic carbocycles. The molecule has 0 spiro atoms. The number of aliphatic hydroxyl groups is 1. The zero-order valence-electron chi connectivity index (χ0n) is 15.4. The van der Waals surface area contributed by atoms with Crippen molar-refractivity contribution < 1.29 is 20.1 Å². The van der Waals surface area contributed by atoms with Crippen molar-refractivity contribution in [3.8, 4) is 11.5 Å². The van der Waals surface area contributed by atoms with Crippen molar-refractivity contribution in [3.63, 3.8) is 0 Å². The number of carbonyl (C=O) groups is 1. The number of rotatable bonds is 15. The molecule has 1 rings (SSSR count). The maximum absolute atomic E-state index is 12.0. The average molecular weight is 350 g/mol. The highest BCUT2D eigenvalue weighted by atomic mass is 16.3. The molecule has 0 aliphatic carbocycles. The van der Waals surface area contributed by atoms with Crippen LogP contribution in [0.3, 0.4) is 0 Å². The number of phenols is 2. The number of phenolic OH excluding ortho intramolecular Hbond substituents is 2. The predicted molar refractivity (Wildman–Crippen MR) is 101 cm³/mol. The lowest BCUT2D eigenvalue weighted by molar-refractivity contribution is 0.0976. The summed E-state index contributed by atoms with van der Waals surface area (Å²) in [5, 5.41) is 27.8. The highest BCUT2D eigenvalue weighted by Crippen LogP contribution is 2.24. The Morgan fingerprint density at radius 3 is 1.72 bits per heavy atom. The van der Waals surface area contributed by atoms with Crippen LogP contribution in [0, 0.1) is 0 Å². The summed E-state index contributed by atoms with van der Waals surface area (Å²) in [6.45, 7) is 0.320. The second-order valence-electron chi connectivity index (χ2n) is 6.84. The van der Waals surface area contributed by atoms with Gasteiger partial charge in [-0.3, -0.25) is 4.79 Å². The summed E-state index contributed by atoms with van der Waals surface area (Å²) in [4.78, 5) is 12.0. The Morgan fingerprint density at radius 1 is 0.720 bits per heavy atom. The van der Waals surface area contributed by atoms with Crippen LogP contribution >= 0.6 is 0 Å². The third-order valence-corrected chi connectivity index (χ3v) is 4.59. The van der Waals surface area contributed by atoms with Crippen LogP contribution in [0.4, 0.5) is 0 Å². The highest BCUT2D eigenvalue weighted by molar-refractivity contribution is 5.98. The molecule has 0 amide bonds. The Kier molecular flexibility index (Phi) is 11.8. The summed E-state index contributed by atoms with van der Waals surface area (Å²) in [7, 11) is 0. The zero-order chi connectivity index (χ0) is 18.3. The van der Waals surface area contributed by atoms with Gasteiger partial charge in [-0.2, -0.15) is 0 Å². The van der Waals surface area contributed by atoms with E-state index in [4.69, 9.17) is 5.11 Å². The molecule has 142 valence electrons. The van der Waals surface area contributed by atoms with Crippen molar-refractivity contribution in [3.05, 3.63) is 23.8 Å². The van der Waals surface area contributed by atoms with E-state index in [-0.39, 0.29) is 22.8 Å². The molecule has 0 aromatic heterocycles. The second kappa shape index (κ2) is 13.7. The number of Topliss-reactive ketones (excluding diaryl/α,β-unsaturated/α-hetero) is 1. The van der Waals surface area contributed by atoms with Gasteiger partial charge in [-0.25, -0.2) is 0 Å². The third-order valence-electron chi connectivity index (χ3n) is 4.59. The number of benzene rings is 1. The van der Waals surface area contributed by atoms with Gasteiger partial charge in [0, 0.05) is 13.0 Å². The van der Waals surface area contributed by atoms with Crippen LogP contribution in [0.1, 0.15) is 93.8 Å². The lowest BCUT2D eigenvalue weighted by atomic mass is 10.0. The van der Waals surface area contributed by atoms with Crippen molar-refractivity contribution in [1.29, 1.82) is 0 Å². The van der Waals surface area contributed by atoms with E-state index >= 15 is 0 Å².